The van der Waals surface area contributed by atoms with Crippen molar-refractivity contribution < 1.29 is 9.21 Å². The van der Waals surface area contributed by atoms with Gasteiger partial charge in [-0.25, -0.2) is 0 Å². The van der Waals surface area contributed by atoms with Crippen molar-refractivity contribution in [1.29, 1.82) is 0 Å². The topological polar surface area (TPSA) is 33.5 Å². The number of nitrogens with zero attached hydrogens (tertiary/aromatic N) is 1. The molecule has 0 aliphatic heterocycles. The molecule has 20 heavy (non-hydrogen) atoms. The zero-order valence-corrected chi connectivity index (χ0v) is 13.1. The van der Waals surface area contributed by atoms with E-state index in [1.807, 2.05) is 4.90 Å². The van der Waals surface area contributed by atoms with Crippen LogP contribution >= 0.6 is 0 Å². The second-order valence-corrected chi connectivity index (χ2v) is 5.39. The third-order valence-electron chi connectivity index (χ3n) is 3.58. The Morgan fingerprint density at radius 2 is 1.65 bits per heavy atom. The molecule has 0 fully saturated rings. The third-order valence-corrected chi connectivity index (χ3v) is 3.58. The first-order valence-electron chi connectivity index (χ1n) is 8.12. The summed E-state index contributed by atoms with van der Waals surface area (Å²) in [5, 5.41) is 0. The Hall–Kier alpha value is -1.25. The maximum Gasteiger partial charge on any atom is 0.289 e. The van der Waals surface area contributed by atoms with Crippen LogP contribution in [0.3, 0.4) is 0 Å². The molecular formula is C17H29NO2. The highest BCUT2D eigenvalue weighted by molar-refractivity contribution is 5.91. The van der Waals surface area contributed by atoms with Gasteiger partial charge in [0.2, 0.25) is 0 Å². The Bertz CT molecular complexity index is 346. The largest absolute Gasteiger partial charge is 0.459 e. The number of carbonyl (C=O) groups excluding carboxylic acids is 1. The van der Waals surface area contributed by atoms with E-state index in [2.05, 4.69) is 13.8 Å². The Labute approximate surface area is 123 Å². The summed E-state index contributed by atoms with van der Waals surface area (Å²) in [5.74, 6) is 0.504. The minimum Gasteiger partial charge on any atom is -0.459 e. The Morgan fingerprint density at radius 1 is 1.00 bits per heavy atom. The number of amides is 1. The maximum absolute atomic E-state index is 12.3. The lowest BCUT2D eigenvalue weighted by Crippen LogP contribution is -2.32. The van der Waals surface area contributed by atoms with E-state index in [4.69, 9.17) is 4.42 Å². The molecule has 1 amide bonds. The van der Waals surface area contributed by atoms with Crippen LogP contribution in [-0.2, 0) is 0 Å². The fraction of sp³-hybridized carbons (Fsp3) is 0.706. The summed E-state index contributed by atoms with van der Waals surface area (Å²) in [6.07, 6.45) is 11.2. The van der Waals surface area contributed by atoms with Gasteiger partial charge in [0.05, 0.1) is 6.26 Å². The van der Waals surface area contributed by atoms with E-state index >= 15 is 0 Å². The molecule has 1 rings (SSSR count). The van der Waals surface area contributed by atoms with Crippen LogP contribution in [0.4, 0.5) is 0 Å². The van der Waals surface area contributed by atoms with Crippen molar-refractivity contribution in [2.75, 3.05) is 13.1 Å². The zero-order valence-electron chi connectivity index (χ0n) is 13.1. The van der Waals surface area contributed by atoms with Crippen LogP contribution in [0.2, 0.25) is 0 Å². The lowest BCUT2D eigenvalue weighted by Gasteiger charge is -2.21. The molecule has 0 unspecified atom stereocenters. The fourth-order valence-corrected chi connectivity index (χ4v) is 2.30. The van der Waals surface area contributed by atoms with Crippen LogP contribution in [-0.4, -0.2) is 23.9 Å². The highest BCUT2D eigenvalue weighted by Gasteiger charge is 2.17. The van der Waals surface area contributed by atoms with E-state index in [0.29, 0.717) is 5.76 Å². The van der Waals surface area contributed by atoms with Crippen molar-refractivity contribution >= 4 is 5.91 Å². The van der Waals surface area contributed by atoms with Gasteiger partial charge >= 0.3 is 0 Å². The molecule has 0 N–H and O–H groups in total. The minimum absolute atomic E-state index is 0.0389. The van der Waals surface area contributed by atoms with Crippen LogP contribution in [0.15, 0.2) is 22.8 Å². The van der Waals surface area contributed by atoms with Crippen LogP contribution in [0.25, 0.3) is 0 Å². The molecule has 0 saturated heterocycles. The van der Waals surface area contributed by atoms with Crippen molar-refractivity contribution in [2.45, 2.75) is 65.2 Å². The van der Waals surface area contributed by atoms with Crippen molar-refractivity contribution in [3.63, 3.8) is 0 Å². The van der Waals surface area contributed by atoms with Crippen LogP contribution in [0.5, 0.6) is 0 Å². The first-order chi connectivity index (χ1) is 9.79. The molecule has 0 spiro atoms. The first-order valence-corrected chi connectivity index (χ1v) is 8.12. The SMILES string of the molecule is CCCCCCCCN(CCCC)C(=O)c1ccco1. The maximum atomic E-state index is 12.3. The van der Waals surface area contributed by atoms with Gasteiger partial charge in [0, 0.05) is 13.1 Å². The van der Waals surface area contributed by atoms with E-state index in [-0.39, 0.29) is 5.91 Å². The Kier molecular flexibility index (Phi) is 8.84. The first kappa shape index (κ1) is 16.8. The number of unbranched alkanes of at least 4 members (excludes halogenated alkanes) is 6. The van der Waals surface area contributed by atoms with Gasteiger partial charge in [-0.1, -0.05) is 52.4 Å². The van der Waals surface area contributed by atoms with Crippen LogP contribution < -0.4 is 0 Å². The van der Waals surface area contributed by atoms with Gasteiger partial charge in [-0.05, 0) is 25.0 Å². The lowest BCUT2D eigenvalue weighted by atomic mass is 10.1. The summed E-state index contributed by atoms with van der Waals surface area (Å²) in [4.78, 5) is 14.3. The summed E-state index contributed by atoms with van der Waals surface area (Å²) < 4.78 is 5.22. The van der Waals surface area contributed by atoms with Gasteiger partial charge in [0.25, 0.3) is 5.91 Å². The number of hydrogen-bond acceptors (Lipinski definition) is 2. The number of carbonyl (C=O) groups is 1. The summed E-state index contributed by atoms with van der Waals surface area (Å²) in [6, 6.07) is 3.53. The minimum atomic E-state index is 0.0389. The van der Waals surface area contributed by atoms with Crippen molar-refractivity contribution in [3.8, 4) is 0 Å². The van der Waals surface area contributed by atoms with Gasteiger partial charge in [-0.3, -0.25) is 4.79 Å². The second-order valence-electron chi connectivity index (χ2n) is 5.39. The molecule has 0 saturated carbocycles. The van der Waals surface area contributed by atoms with Crippen molar-refractivity contribution in [3.05, 3.63) is 24.2 Å². The third kappa shape index (κ3) is 6.27. The molecule has 1 heterocycles. The predicted molar refractivity (Wildman–Crippen MR) is 82.9 cm³/mol. The molecule has 3 heteroatoms. The molecule has 0 aliphatic carbocycles. The molecule has 0 bridgehead atoms. The highest BCUT2D eigenvalue weighted by atomic mass is 16.3. The number of hydrogen-bond donors (Lipinski definition) is 0. The van der Waals surface area contributed by atoms with Crippen molar-refractivity contribution in [1.82, 2.24) is 4.90 Å². The summed E-state index contributed by atoms with van der Waals surface area (Å²) in [6.45, 7) is 6.07. The molecule has 114 valence electrons. The monoisotopic (exact) mass is 279 g/mol. The Balaban J connectivity index is 2.34. The molecule has 0 atom stereocenters. The molecule has 1 aromatic heterocycles. The van der Waals surface area contributed by atoms with Crippen LogP contribution in [0, 0.1) is 0 Å². The molecular weight excluding hydrogens is 250 g/mol. The summed E-state index contributed by atoms with van der Waals surface area (Å²) >= 11 is 0. The van der Waals surface area contributed by atoms with E-state index in [9.17, 15) is 4.79 Å². The average Bonchev–Trinajstić information content (AvgIpc) is 2.99. The summed E-state index contributed by atoms with van der Waals surface area (Å²) in [7, 11) is 0. The molecule has 3 nitrogen and oxygen atoms in total. The Morgan fingerprint density at radius 3 is 2.30 bits per heavy atom. The van der Waals surface area contributed by atoms with Crippen molar-refractivity contribution in [2.24, 2.45) is 0 Å². The van der Waals surface area contributed by atoms with E-state index in [1.54, 1.807) is 18.4 Å². The van der Waals surface area contributed by atoms with Gasteiger partial charge in [0.1, 0.15) is 0 Å². The molecule has 1 aromatic rings. The molecule has 0 radical (unpaired) electrons. The molecule has 0 aromatic carbocycles. The average molecular weight is 279 g/mol. The normalized spacial score (nSPS) is 10.7. The smallest absolute Gasteiger partial charge is 0.289 e. The number of furan rings is 1. The van der Waals surface area contributed by atoms with Gasteiger partial charge in [-0.2, -0.15) is 0 Å². The van der Waals surface area contributed by atoms with Crippen LogP contribution in [0.1, 0.15) is 75.8 Å². The summed E-state index contributed by atoms with van der Waals surface area (Å²) in [5.41, 5.74) is 0. The lowest BCUT2D eigenvalue weighted by molar-refractivity contribution is 0.0718. The predicted octanol–water partition coefficient (Wildman–Crippen LogP) is 4.88. The fourth-order valence-electron chi connectivity index (χ4n) is 2.30. The van der Waals surface area contributed by atoms with E-state index in [1.165, 1.54) is 32.1 Å². The zero-order chi connectivity index (χ0) is 14.6. The number of rotatable bonds is 11. The quantitative estimate of drug-likeness (QED) is 0.541. The van der Waals surface area contributed by atoms with Gasteiger partial charge in [0.15, 0.2) is 5.76 Å². The van der Waals surface area contributed by atoms with Gasteiger partial charge < -0.3 is 9.32 Å². The standard InChI is InChI=1S/C17H29NO2/c1-3-5-7-8-9-10-14-18(13-6-4-2)17(19)16-12-11-15-20-16/h11-12,15H,3-10,13-14H2,1-2H3. The highest BCUT2D eigenvalue weighted by Crippen LogP contribution is 2.10. The van der Waals surface area contributed by atoms with Gasteiger partial charge in [-0.15, -0.1) is 0 Å². The van der Waals surface area contributed by atoms with E-state index in [0.717, 1.165) is 32.4 Å². The van der Waals surface area contributed by atoms with E-state index < -0.39 is 0 Å². The molecule has 0 aliphatic rings. The second kappa shape index (κ2) is 10.5.